The second-order valence-corrected chi connectivity index (χ2v) is 3.27. The number of carbonyl (C=O) groups is 2. The fourth-order valence-electron chi connectivity index (χ4n) is 1.58. The lowest BCUT2D eigenvalue weighted by Gasteiger charge is -2.23. The molecule has 0 radical (unpaired) electrons. The lowest BCUT2D eigenvalue weighted by molar-refractivity contribution is -0.109. The van der Waals surface area contributed by atoms with Crippen molar-refractivity contribution in [3.63, 3.8) is 0 Å². The molecule has 3 nitrogen and oxygen atoms in total. The van der Waals surface area contributed by atoms with Gasteiger partial charge in [-0.25, -0.2) is 0 Å². The Balaban J connectivity index is 2.28. The van der Waals surface area contributed by atoms with E-state index in [1.165, 1.54) is 0 Å². The van der Waals surface area contributed by atoms with Crippen molar-refractivity contribution in [2.45, 2.75) is 18.9 Å². The third-order valence-corrected chi connectivity index (χ3v) is 2.25. The Hall–Kier alpha value is -1.64. The zero-order valence-electron chi connectivity index (χ0n) is 7.60. The Morgan fingerprint density at radius 1 is 1.43 bits per heavy atom. The predicted octanol–water partition coefficient (Wildman–Crippen LogP) is 1.61. The van der Waals surface area contributed by atoms with E-state index in [0.717, 1.165) is 6.29 Å². The molecule has 0 unspecified atom stereocenters. The van der Waals surface area contributed by atoms with E-state index in [2.05, 4.69) is 0 Å². The first-order chi connectivity index (χ1) is 6.81. The number of benzene rings is 1. The highest BCUT2D eigenvalue weighted by Gasteiger charge is 2.25. The van der Waals surface area contributed by atoms with Gasteiger partial charge in [0.25, 0.3) is 0 Å². The van der Waals surface area contributed by atoms with E-state index in [1.54, 1.807) is 18.2 Å². The van der Waals surface area contributed by atoms with Gasteiger partial charge in [0.1, 0.15) is 18.1 Å². The quantitative estimate of drug-likeness (QED) is 0.665. The number of para-hydroxylation sites is 1. The fourth-order valence-corrected chi connectivity index (χ4v) is 1.58. The lowest BCUT2D eigenvalue weighted by atomic mass is 9.99. The molecule has 0 N–H and O–H groups in total. The highest BCUT2D eigenvalue weighted by atomic mass is 16.5. The number of ether oxygens (including phenoxy) is 1. The predicted molar refractivity (Wildman–Crippen MR) is 50.5 cm³/mol. The molecule has 1 heterocycles. The zero-order chi connectivity index (χ0) is 9.97. The number of ketones is 1. The average Bonchev–Trinajstić information content (AvgIpc) is 2.18. The van der Waals surface area contributed by atoms with Gasteiger partial charge >= 0.3 is 0 Å². The second kappa shape index (κ2) is 3.62. The summed E-state index contributed by atoms with van der Waals surface area (Å²) in [5.74, 6) is 0.648. The molecule has 0 fully saturated rings. The first-order valence-electron chi connectivity index (χ1n) is 4.54. The first-order valence-corrected chi connectivity index (χ1v) is 4.54. The van der Waals surface area contributed by atoms with Crippen LogP contribution in [-0.4, -0.2) is 18.2 Å². The van der Waals surface area contributed by atoms with Gasteiger partial charge in [-0.1, -0.05) is 12.1 Å². The molecule has 1 aromatic rings. The lowest BCUT2D eigenvalue weighted by Crippen LogP contribution is -2.27. The number of fused-ring (bicyclic) bond motifs is 1. The van der Waals surface area contributed by atoms with Gasteiger partial charge in [-0.15, -0.1) is 0 Å². The van der Waals surface area contributed by atoms with Crippen LogP contribution in [0, 0.1) is 0 Å². The van der Waals surface area contributed by atoms with Crippen molar-refractivity contribution in [2.75, 3.05) is 0 Å². The summed E-state index contributed by atoms with van der Waals surface area (Å²) in [6.07, 6.45) is 1.08. The monoisotopic (exact) mass is 190 g/mol. The highest BCUT2D eigenvalue weighted by molar-refractivity contribution is 6.00. The fraction of sp³-hybridized carbons (Fsp3) is 0.273. The van der Waals surface area contributed by atoms with Crippen molar-refractivity contribution in [3.8, 4) is 5.75 Å². The molecule has 3 heteroatoms. The van der Waals surface area contributed by atoms with Gasteiger partial charge in [0, 0.05) is 12.8 Å². The van der Waals surface area contributed by atoms with Crippen LogP contribution in [0.25, 0.3) is 0 Å². The zero-order valence-corrected chi connectivity index (χ0v) is 7.60. The van der Waals surface area contributed by atoms with Crippen LogP contribution < -0.4 is 4.74 Å². The number of hydrogen-bond acceptors (Lipinski definition) is 3. The van der Waals surface area contributed by atoms with Gasteiger partial charge in [0.05, 0.1) is 5.56 Å². The molecule has 2 rings (SSSR count). The van der Waals surface area contributed by atoms with E-state index >= 15 is 0 Å². The number of rotatable bonds is 2. The van der Waals surface area contributed by atoms with Crippen LogP contribution >= 0.6 is 0 Å². The van der Waals surface area contributed by atoms with Crippen molar-refractivity contribution in [3.05, 3.63) is 29.8 Å². The van der Waals surface area contributed by atoms with E-state index in [0.29, 0.717) is 17.7 Å². The second-order valence-electron chi connectivity index (χ2n) is 3.27. The van der Waals surface area contributed by atoms with Crippen LogP contribution in [0.5, 0.6) is 5.75 Å². The highest BCUT2D eigenvalue weighted by Crippen LogP contribution is 2.27. The van der Waals surface area contributed by atoms with Crippen molar-refractivity contribution in [1.82, 2.24) is 0 Å². The Labute approximate surface area is 81.7 Å². The SMILES string of the molecule is O=CC[C@H]1CC(=O)c2ccccc2O1. The van der Waals surface area contributed by atoms with E-state index in [1.807, 2.05) is 6.07 Å². The Bertz CT molecular complexity index is 371. The number of carbonyl (C=O) groups excluding carboxylic acids is 2. The van der Waals surface area contributed by atoms with Crippen molar-refractivity contribution >= 4 is 12.1 Å². The van der Waals surface area contributed by atoms with Crippen LogP contribution in [0.15, 0.2) is 24.3 Å². The molecule has 0 aliphatic carbocycles. The van der Waals surface area contributed by atoms with Crippen LogP contribution in [0.1, 0.15) is 23.2 Å². The molecular weight excluding hydrogens is 180 g/mol. The number of aldehydes is 1. The molecular formula is C11H10O3. The molecule has 1 aromatic carbocycles. The molecule has 1 atom stereocenters. The molecule has 14 heavy (non-hydrogen) atoms. The van der Waals surface area contributed by atoms with Crippen LogP contribution in [-0.2, 0) is 4.79 Å². The summed E-state index contributed by atoms with van der Waals surface area (Å²) < 4.78 is 5.49. The minimum absolute atomic E-state index is 0.0544. The third kappa shape index (κ3) is 1.53. The van der Waals surface area contributed by atoms with Gasteiger partial charge in [-0.2, -0.15) is 0 Å². The standard InChI is InChI=1S/C11H10O3/c12-6-5-8-7-10(13)9-3-1-2-4-11(9)14-8/h1-4,6,8H,5,7H2/t8-/m0/s1. The normalized spacial score (nSPS) is 19.7. The van der Waals surface area contributed by atoms with Gasteiger partial charge < -0.3 is 9.53 Å². The minimum Gasteiger partial charge on any atom is -0.489 e. The summed E-state index contributed by atoms with van der Waals surface area (Å²) in [6, 6.07) is 7.12. The molecule has 0 spiro atoms. The van der Waals surface area contributed by atoms with E-state index in [-0.39, 0.29) is 18.3 Å². The van der Waals surface area contributed by atoms with Gasteiger partial charge in [0.2, 0.25) is 0 Å². The molecule has 0 saturated carbocycles. The number of Topliss-reactive ketones (excluding diaryl/α,β-unsaturated/α-hetero) is 1. The maximum atomic E-state index is 11.6. The Morgan fingerprint density at radius 3 is 3.00 bits per heavy atom. The van der Waals surface area contributed by atoms with Crippen molar-refractivity contribution < 1.29 is 14.3 Å². The number of hydrogen-bond donors (Lipinski definition) is 0. The average molecular weight is 190 g/mol. The summed E-state index contributed by atoms with van der Waals surface area (Å²) in [6.45, 7) is 0. The van der Waals surface area contributed by atoms with Gasteiger partial charge in [-0.3, -0.25) is 4.79 Å². The Kier molecular flexibility index (Phi) is 2.31. The van der Waals surface area contributed by atoms with Crippen LogP contribution in [0.3, 0.4) is 0 Å². The van der Waals surface area contributed by atoms with Crippen LogP contribution in [0.2, 0.25) is 0 Å². The molecule has 1 aliphatic rings. The summed E-state index contributed by atoms with van der Waals surface area (Å²) in [5, 5.41) is 0. The summed E-state index contributed by atoms with van der Waals surface area (Å²) in [5.41, 5.74) is 0.620. The van der Waals surface area contributed by atoms with E-state index in [9.17, 15) is 9.59 Å². The third-order valence-electron chi connectivity index (χ3n) is 2.25. The Morgan fingerprint density at radius 2 is 2.21 bits per heavy atom. The smallest absolute Gasteiger partial charge is 0.170 e. The van der Waals surface area contributed by atoms with E-state index < -0.39 is 0 Å². The largest absolute Gasteiger partial charge is 0.489 e. The molecule has 0 aromatic heterocycles. The van der Waals surface area contributed by atoms with E-state index in [4.69, 9.17) is 4.74 Å². The molecule has 0 amide bonds. The maximum absolute atomic E-state index is 11.6. The topological polar surface area (TPSA) is 43.4 Å². The molecule has 1 aliphatic heterocycles. The van der Waals surface area contributed by atoms with Gasteiger partial charge in [0.15, 0.2) is 5.78 Å². The summed E-state index contributed by atoms with van der Waals surface area (Å²) in [7, 11) is 0. The van der Waals surface area contributed by atoms with Crippen LogP contribution in [0.4, 0.5) is 0 Å². The van der Waals surface area contributed by atoms with Crippen molar-refractivity contribution in [2.24, 2.45) is 0 Å². The first kappa shape index (κ1) is 8.94. The van der Waals surface area contributed by atoms with Crippen molar-refractivity contribution in [1.29, 1.82) is 0 Å². The maximum Gasteiger partial charge on any atom is 0.170 e. The molecule has 0 saturated heterocycles. The summed E-state index contributed by atoms with van der Waals surface area (Å²) >= 11 is 0. The minimum atomic E-state index is -0.283. The van der Waals surface area contributed by atoms with Gasteiger partial charge in [-0.05, 0) is 12.1 Å². The molecule has 0 bridgehead atoms. The molecule has 72 valence electrons. The summed E-state index contributed by atoms with van der Waals surface area (Å²) in [4.78, 5) is 21.9.